The second-order valence-electron chi connectivity index (χ2n) is 7.70. The quantitative estimate of drug-likeness (QED) is 0.525. The van der Waals surface area contributed by atoms with Crippen molar-refractivity contribution in [2.24, 2.45) is 0 Å². The number of allylic oxidation sites excluding steroid dienone is 1. The Morgan fingerprint density at radius 2 is 1.62 bits per heavy atom. The van der Waals surface area contributed by atoms with Crippen molar-refractivity contribution in [2.75, 3.05) is 16.8 Å². The number of tetrazole rings is 1. The molecule has 5 rings (SSSR count). The van der Waals surface area contributed by atoms with E-state index in [1.165, 1.54) is 0 Å². The van der Waals surface area contributed by atoms with Crippen LogP contribution in [0.5, 0.6) is 0 Å². The Hall–Kier alpha value is -4.26. The van der Waals surface area contributed by atoms with Crippen molar-refractivity contribution in [1.82, 2.24) is 20.2 Å². The number of fused-ring (bicyclic) bond motifs is 1. The molecule has 0 aliphatic carbocycles. The van der Waals surface area contributed by atoms with Crippen LogP contribution in [0, 0.1) is 6.92 Å². The van der Waals surface area contributed by atoms with E-state index in [2.05, 4.69) is 39.1 Å². The van der Waals surface area contributed by atoms with Crippen molar-refractivity contribution < 1.29 is 4.79 Å². The zero-order valence-corrected chi connectivity index (χ0v) is 17.6. The lowest BCUT2D eigenvalue weighted by molar-refractivity contribution is -0.114. The summed E-state index contributed by atoms with van der Waals surface area (Å²) in [6.45, 7) is 2.09. The smallest absolute Gasteiger partial charge is 0.251 e. The number of aromatic nitrogens is 4. The van der Waals surface area contributed by atoms with E-state index in [4.69, 9.17) is 0 Å². The van der Waals surface area contributed by atoms with Gasteiger partial charge in [0, 0.05) is 5.69 Å². The maximum absolute atomic E-state index is 13.0. The molecule has 1 aromatic heterocycles. The average molecular weight is 422 g/mol. The zero-order chi connectivity index (χ0) is 21.9. The second-order valence-corrected chi connectivity index (χ2v) is 7.70. The fourth-order valence-corrected chi connectivity index (χ4v) is 3.85. The Morgan fingerprint density at radius 3 is 2.34 bits per heavy atom. The van der Waals surface area contributed by atoms with Crippen LogP contribution in [0.4, 0.5) is 11.6 Å². The van der Waals surface area contributed by atoms with Crippen LogP contribution in [-0.2, 0) is 4.79 Å². The molecular weight excluding hydrogens is 400 g/mol. The maximum Gasteiger partial charge on any atom is 0.251 e. The largest absolute Gasteiger partial charge is 0.325 e. The SMILES string of the molecule is Cc1ccc(NC(=O)CN2C(c3ccccc3)=CC(c3ccccc3)n3nnnc32)cc1. The summed E-state index contributed by atoms with van der Waals surface area (Å²) in [6, 6.07) is 27.6. The highest BCUT2D eigenvalue weighted by Crippen LogP contribution is 2.35. The summed E-state index contributed by atoms with van der Waals surface area (Å²) in [6.07, 6.45) is 2.10. The lowest BCUT2D eigenvalue weighted by Crippen LogP contribution is -2.37. The lowest BCUT2D eigenvalue weighted by Gasteiger charge is -2.32. The average Bonchev–Trinajstić information content (AvgIpc) is 3.32. The van der Waals surface area contributed by atoms with E-state index in [1.807, 2.05) is 84.6 Å². The van der Waals surface area contributed by atoms with Crippen molar-refractivity contribution in [2.45, 2.75) is 13.0 Å². The van der Waals surface area contributed by atoms with Gasteiger partial charge in [0.05, 0.1) is 5.70 Å². The molecule has 1 N–H and O–H groups in total. The van der Waals surface area contributed by atoms with Gasteiger partial charge in [-0.2, -0.15) is 4.68 Å². The van der Waals surface area contributed by atoms with E-state index in [0.717, 1.165) is 28.1 Å². The van der Waals surface area contributed by atoms with Gasteiger partial charge in [0.25, 0.3) is 5.95 Å². The minimum Gasteiger partial charge on any atom is -0.325 e. The summed E-state index contributed by atoms with van der Waals surface area (Å²) < 4.78 is 1.75. The summed E-state index contributed by atoms with van der Waals surface area (Å²) in [5.74, 6) is 0.377. The van der Waals surface area contributed by atoms with Gasteiger partial charge in [0.15, 0.2) is 0 Å². The Balaban J connectivity index is 1.52. The van der Waals surface area contributed by atoms with Crippen LogP contribution < -0.4 is 10.2 Å². The van der Waals surface area contributed by atoms with Crippen LogP contribution in [0.2, 0.25) is 0 Å². The molecule has 1 amide bonds. The molecule has 1 unspecified atom stereocenters. The highest BCUT2D eigenvalue weighted by atomic mass is 16.2. The van der Waals surface area contributed by atoms with E-state index in [-0.39, 0.29) is 18.5 Å². The predicted molar refractivity (Wildman–Crippen MR) is 124 cm³/mol. The molecule has 4 aromatic rings. The highest BCUT2D eigenvalue weighted by molar-refractivity contribution is 5.97. The minimum absolute atomic E-state index is 0.0798. The van der Waals surface area contributed by atoms with E-state index < -0.39 is 0 Å². The van der Waals surface area contributed by atoms with Crippen LogP contribution in [-0.4, -0.2) is 32.7 Å². The topological polar surface area (TPSA) is 75.9 Å². The molecule has 1 aliphatic rings. The Labute approximate surface area is 186 Å². The minimum atomic E-state index is -0.173. The number of rotatable bonds is 5. The number of aryl methyl sites for hydroxylation is 1. The van der Waals surface area contributed by atoms with Gasteiger partial charge in [-0.1, -0.05) is 83.5 Å². The molecule has 32 heavy (non-hydrogen) atoms. The molecule has 0 saturated carbocycles. The molecule has 0 spiro atoms. The fourth-order valence-electron chi connectivity index (χ4n) is 3.85. The number of carbonyl (C=O) groups excluding carboxylic acids is 1. The van der Waals surface area contributed by atoms with E-state index in [9.17, 15) is 4.79 Å². The monoisotopic (exact) mass is 422 g/mol. The molecule has 1 atom stereocenters. The standard InChI is InChI=1S/C25H22N6O/c1-18-12-14-21(15-13-18)26-24(32)17-30-22(19-8-4-2-5-9-19)16-23(20-10-6-3-7-11-20)31-25(30)27-28-29-31/h2-16,23H,17H2,1H3,(H,26,32). The number of hydrogen-bond donors (Lipinski definition) is 1. The summed E-state index contributed by atoms with van der Waals surface area (Å²) in [7, 11) is 0. The summed E-state index contributed by atoms with van der Waals surface area (Å²) in [4.78, 5) is 14.8. The van der Waals surface area contributed by atoms with Gasteiger partial charge in [-0.05, 0) is 46.7 Å². The van der Waals surface area contributed by atoms with Crippen molar-refractivity contribution in [3.63, 3.8) is 0 Å². The van der Waals surface area contributed by atoms with Gasteiger partial charge in [-0.3, -0.25) is 9.69 Å². The zero-order valence-electron chi connectivity index (χ0n) is 17.6. The highest BCUT2D eigenvalue weighted by Gasteiger charge is 2.31. The number of benzene rings is 3. The van der Waals surface area contributed by atoms with Crippen LogP contribution in [0.1, 0.15) is 22.7 Å². The third kappa shape index (κ3) is 3.88. The molecule has 1 aliphatic heterocycles. The van der Waals surface area contributed by atoms with E-state index in [1.54, 1.807) is 4.68 Å². The third-order valence-electron chi connectivity index (χ3n) is 5.43. The fraction of sp³-hybridized carbons (Fsp3) is 0.120. The number of amides is 1. The number of hydrogen-bond acceptors (Lipinski definition) is 5. The molecule has 158 valence electrons. The Bertz CT molecular complexity index is 1250. The van der Waals surface area contributed by atoms with Crippen molar-refractivity contribution >= 4 is 23.2 Å². The molecule has 0 radical (unpaired) electrons. The summed E-state index contributed by atoms with van der Waals surface area (Å²) in [5.41, 5.74) is 4.84. The first-order valence-electron chi connectivity index (χ1n) is 10.4. The van der Waals surface area contributed by atoms with Crippen molar-refractivity contribution in [3.8, 4) is 0 Å². The van der Waals surface area contributed by atoms with E-state index in [0.29, 0.717) is 5.95 Å². The van der Waals surface area contributed by atoms with Crippen LogP contribution in [0.3, 0.4) is 0 Å². The number of nitrogens with zero attached hydrogens (tertiary/aromatic N) is 5. The molecule has 2 heterocycles. The number of carbonyl (C=O) groups is 1. The predicted octanol–water partition coefficient (Wildman–Crippen LogP) is 4.07. The van der Waals surface area contributed by atoms with Gasteiger partial charge in [0.2, 0.25) is 5.91 Å². The number of nitrogens with one attached hydrogen (secondary N) is 1. The van der Waals surface area contributed by atoms with Gasteiger partial charge in [0.1, 0.15) is 12.6 Å². The van der Waals surface area contributed by atoms with Gasteiger partial charge < -0.3 is 5.32 Å². The first-order valence-corrected chi connectivity index (χ1v) is 10.4. The lowest BCUT2D eigenvalue weighted by atomic mass is 10.0. The first kappa shape index (κ1) is 19.7. The van der Waals surface area contributed by atoms with Crippen molar-refractivity contribution in [3.05, 3.63) is 108 Å². The summed E-state index contributed by atoms with van der Waals surface area (Å²) in [5, 5.41) is 15.4. The molecule has 3 aromatic carbocycles. The van der Waals surface area contributed by atoms with E-state index >= 15 is 0 Å². The molecule has 7 nitrogen and oxygen atoms in total. The summed E-state index contributed by atoms with van der Waals surface area (Å²) >= 11 is 0. The molecule has 0 bridgehead atoms. The van der Waals surface area contributed by atoms with Crippen LogP contribution >= 0.6 is 0 Å². The Kier molecular flexibility index (Phi) is 5.21. The first-order chi connectivity index (χ1) is 15.7. The third-order valence-corrected chi connectivity index (χ3v) is 5.43. The molecule has 0 saturated heterocycles. The van der Waals surface area contributed by atoms with Crippen molar-refractivity contribution in [1.29, 1.82) is 0 Å². The Morgan fingerprint density at radius 1 is 0.938 bits per heavy atom. The maximum atomic E-state index is 13.0. The number of anilines is 2. The van der Waals surface area contributed by atoms with Crippen LogP contribution in [0.15, 0.2) is 91.0 Å². The molecule has 0 fully saturated rings. The molecular formula is C25H22N6O. The van der Waals surface area contributed by atoms with Gasteiger partial charge >= 0.3 is 0 Å². The van der Waals surface area contributed by atoms with Gasteiger partial charge in [-0.15, -0.1) is 0 Å². The second kappa shape index (κ2) is 8.47. The van der Waals surface area contributed by atoms with Crippen LogP contribution in [0.25, 0.3) is 5.70 Å². The molecule has 7 heteroatoms. The normalized spacial score (nSPS) is 15.1. The van der Waals surface area contributed by atoms with Gasteiger partial charge in [-0.25, -0.2) is 0 Å².